The Hall–Kier alpha value is -2.45. The topological polar surface area (TPSA) is 70.1 Å². The van der Waals surface area contributed by atoms with Gasteiger partial charge in [0.15, 0.2) is 11.5 Å². The highest BCUT2D eigenvalue weighted by atomic mass is 19.4. The lowest BCUT2D eigenvalue weighted by Gasteiger charge is -2.32. The van der Waals surface area contributed by atoms with Crippen molar-refractivity contribution >= 4 is 11.9 Å². The molecule has 0 radical (unpaired) electrons. The first kappa shape index (κ1) is 16.9. The van der Waals surface area contributed by atoms with Crippen molar-refractivity contribution in [2.45, 2.75) is 12.6 Å². The van der Waals surface area contributed by atoms with Crippen LogP contribution in [0.2, 0.25) is 0 Å². The molecule has 6 nitrogen and oxygen atoms in total. The molecule has 0 unspecified atom stereocenters. The lowest BCUT2D eigenvalue weighted by molar-refractivity contribution is -0.138. The summed E-state index contributed by atoms with van der Waals surface area (Å²) in [6.07, 6.45) is -4.38. The van der Waals surface area contributed by atoms with E-state index in [-0.39, 0.29) is 6.54 Å². The summed E-state index contributed by atoms with van der Waals surface area (Å²) in [5, 5.41) is 9.69. The number of rotatable bonds is 2. The quantitative estimate of drug-likeness (QED) is 0.902. The summed E-state index contributed by atoms with van der Waals surface area (Å²) in [5.41, 5.74) is -2.06. The maximum Gasteiger partial charge on any atom is 0.417 e. The molecule has 1 saturated heterocycles. The summed E-state index contributed by atoms with van der Waals surface area (Å²) in [7, 11) is 2.55. The van der Waals surface area contributed by atoms with Gasteiger partial charge in [-0.25, -0.2) is 4.79 Å². The number of methoxy groups -OCH3 is 1. The first-order valence-electron chi connectivity index (χ1n) is 6.72. The van der Waals surface area contributed by atoms with Crippen molar-refractivity contribution in [1.82, 2.24) is 9.80 Å². The second kappa shape index (κ2) is 5.98. The molecule has 1 aliphatic rings. The van der Waals surface area contributed by atoms with Gasteiger partial charge in [-0.3, -0.25) is 9.69 Å². The summed E-state index contributed by atoms with van der Waals surface area (Å²) in [6, 6.07) is 0.539. The van der Waals surface area contributed by atoms with E-state index in [2.05, 4.69) is 4.74 Å². The molecule has 0 saturated carbocycles. The summed E-state index contributed by atoms with van der Waals surface area (Å²) in [6.45, 7) is 0.439. The Morgan fingerprint density at radius 1 is 1.30 bits per heavy atom. The minimum absolute atomic E-state index is 0.0199. The van der Waals surface area contributed by atoms with Crippen molar-refractivity contribution in [3.63, 3.8) is 0 Å². The van der Waals surface area contributed by atoms with E-state index in [0.717, 1.165) is 12.0 Å². The number of benzene rings is 1. The van der Waals surface area contributed by atoms with Crippen molar-refractivity contribution in [3.05, 3.63) is 23.3 Å². The molecular formula is C14H15F3N2O4. The Morgan fingerprint density at radius 3 is 2.52 bits per heavy atom. The standard InChI is InChI=1S/C14H15F3N2O4/c1-18-4-3-5-19(13(18)22)12(21)8-6-10(20)11(23-2)7-9(8)14(15,16)17/h6-7,20H,3-5H2,1-2H3. The number of amides is 3. The summed E-state index contributed by atoms with van der Waals surface area (Å²) >= 11 is 0. The van der Waals surface area contributed by atoms with Crippen LogP contribution in [0.5, 0.6) is 11.5 Å². The van der Waals surface area contributed by atoms with Crippen LogP contribution in [0.25, 0.3) is 0 Å². The van der Waals surface area contributed by atoms with Gasteiger partial charge < -0.3 is 14.7 Å². The molecule has 23 heavy (non-hydrogen) atoms. The van der Waals surface area contributed by atoms with E-state index in [1.54, 1.807) is 0 Å². The van der Waals surface area contributed by atoms with Crippen LogP contribution in [0.1, 0.15) is 22.3 Å². The first-order valence-corrected chi connectivity index (χ1v) is 6.72. The number of hydrogen-bond donors (Lipinski definition) is 1. The van der Waals surface area contributed by atoms with Crippen molar-refractivity contribution < 1.29 is 32.6 Å². The minimum Gasteiger partial charge on any atom is -0.504 e. The first-order chi connectivity index (χ1) is 10.7. The molecule has 1 fully saturated rings. The predicted molar refractivity (Wildman–Crippen MR) is 73.3 cm³/mol. The number of carbonyl (C=O) groups excluding carboxylic acids is 2. The molecule has 1 aromatic carbocycles. The maximum atomic E-state index is 13.2. The molecule has 2 rings (SSSR count). The van der Waals surface area contributed by atoms with E-state index in [9.17, 15) is 27.9 Å². The summed E-state index contributed by atoms with van der Waals surface area (Å²) < 4.78 is 44.2. The van der Waals surface area contributed by atoms with Crippen LogP contribution < -0.4 is 4.74 Å². The SMILES string of the molecule is COc1cc(C(F)(F)F)c(C(=O)N2CCCN(C)C2=O)cc1O. The highest BCUT2D eigenvalue weighted by Gasteiger charge is 2.39. The molecule has 9 heteroatoms. The monoisotopic (exact) mass is 332 g/mol. The molecule has 0 bridgehead atoms. The van der Waals surface area contributed by atoms with Gasteiger partial charge in [0.05, 0.1) is 18.2 Å². The number of halogens is 3. The number of phenols is 1. The van der Waals surface area contributed by atoms with Gasteiger partial charge in [0.2, 0.25) is 0 Å². The highest BCUT2D eigenvalue weighted by molar-refractivity contribution is 6.05. The van der Waals surface area contributed by atoms with Crippen LogP contribution in [0.4, 0.5) is 18.0 Å². The summed E-state index contributed by atoms with van der Waals surface area (Å²) in [4.78, 5) is 26.4. The highest BCUT2D eigenvalue weighted by Crippen LogP contribution is 2.39. The minimum atomic E-state index is -4.84. The lowest BCUT2D eigenvalue weighted by atomic mass is 10.0. The van der Waals surface area contributed by atoms with Gasteiger partial charge in [-0.05, 0) is 18.6 Å². The number of imide groups is 1. The average Bonchev–Trinajstić information content (AvgIpc) is 2.48. The molecule has 1 heterocycles. The van der Waals surface area contributed by atoms with Gasteiger partial charge >= 0.3 is 12.2 Å². The lowest BCUT2D eigenvalue weighted by Crippen LogP contribution is -2.50. The van der Waals surface area contributed by atoms with E-state index in [1.807, 2.05) is 0 Å². The average molecular weight is 332 g/mol. The fourth-order valence-electron chi connectivity index (χ4n) is 2.34. The predicted octanol–water partition coefficient (Wildman–Crippen LogP) is 2.32. The van der Waals surface area contributed by atoms with Crippen molar-refractivity contribution in [2.75, 3.05) is 27.2 Å². The molecular weight excluding hydrogens is 317 g/mol. The zero-order valence-corrected chi connectivity index (χ0v) is 12.5. The number of urea groups is 1. The molecule has 0 spiro atoms. The molecule has 0 aliphatic carbocycles. The molecule has 1 aromatic rings. The van der Waals surface area contributed by atoms with Gasteiger partial charge in [0.1, 0.15) is 0 Å². The molecule has 3 amide bonds. The fourth-order valence-corrected chi connectivity index (χ4v) is 2.34. The van der Waals surface area contributed by atoms with Gasteiger partial charge in [0, 0.05) is 20.1 Å². The smallest absolute Gasteiger partial charge is 0.417 e. The van der Waals surface area contributed by atoms with Crippen LogP contribution >= 0.6 is 0 Å². The van der Waals surface area contributed by atoms with Crippen LogP contribution in [-0.4, -0.2) is 54.1 Å². The molecule has 0 aromatic heterocycles. The number of phenolic OH excluding ortho intramolecular Hbond substituents is 1. The van der Waals surface area contributed by atoms with Crippen LogP contribution in [0.15, 0.2) is 12.1 Å². The Bertz CT molecular complexity index is 646. The van der Waals surface area contributed by atoms with E-state index in [0.29, 0.717) is 25.1 Å². The van der Waals surface area contributed by atoms with Gasteiger partial charge in [0.25, 0.3) is 5.91 Å². The van der Waals surface area contributed by atoms with E-state index < -0.39 is 40.7 Å². The van der Waals surface area contributed by atoms with E-state index in [1.165, 1.54) is 11.9 Å². The maximum absolute atomic E-state index is 13.2. The third kappa shape index (κ3) is 3.17. The second-order valence-corrected chi connectivity index (χ2v) is 5.08. The largest absolute Gasteiger partial charge is 0.504 e. The van der Waals surface area contributed by atoms with Crippen LogP contribution in [-0.2, 0) is 6.18 Å². The number of aromatic hydroxyl groups is 1. The van der Waals surface area contributed by atoms with Gasteiger partial charge in [-0.1, -0.05) is 0 Å². The fraction of sp³-hybridized carbons (Fsp3) is 0.429. The Kier molecular flexibility index (Phi) is 4.39. The molecule has 1 aliphatic heterocycles. The number of carbonyl (C=O) groups is 2. The Labute approximate surface area is 130 Å². The third-order valence-electron chi connectivity index (χ3n) is 3.53. The Morgan fingerprint density at radius 2 is 1.96 bits per heavy atom. The number of hydrogen-bond acceptors (Lipinski definition) is 4. The van der Waals surface area contributed by atoms with Crippen molar-refractivity contribution in [1.29, 1.82) is 0 Å². The zero-order valence-electron chi connectivity index (χ0n) is 12.5. The molecule has 1 N–H and O–H groups in total. The van der Waals surface area contributed by atoms with Crippen molar-refractivity contribution in [2.24, 2.45) is 0 Å². The van der Waals surface area contributed by atoms with E-state index in [4.69, 9.17) is 0 Å². The number of alkyl halides is 3. The number of nitrogens with zero attached hydrogens (tertiary/aromatic N) is 2. The second-order valence-electron chi connectivity index (χ2n) is 5.08. The van der Waals surface area contributed by atoms with E-state index >= 15 is 0 Å². The van der Waals surface area contributed by atoms with Crippen LogP contribution in [0.3, 0.4) is 0 Å². The van der Waals surface area contributed by atoms with Crippen molar-refractivity contribution in [3.8, 4) is 11.5 Å². The Balaban J connectivity index is 2.51. The van der Waals surface area contributed by atoms with Crippen LogP contribution in [0, 0.1) is 0 Å². The molecule has 126 valence electrons. The van der Waals surface area contributed by atoms with Gasteiger partial charge in [-0.2, -0.15) is 13.2 Å². The van der Waals surface area contributed by atoms with Gasteiger partial charge in [-0.15, -0.1) is 0 Å². The number of ether oxygens (including phenoxy) is 1. The third-order valence-corrected chi connectivity index (χ3v) is 3.53. The zero-order chi connectivity index (χ0) is 17.4. The normalized spacial score (nSPS) is 15.8. The molecule has 0 atom stereocenters. The summed E-state index contributed by atoms with van der Waals surface area (Å²) in [5.74, 6) is -2.12.